The van der Waals surface area contributed by atoms with Crippen LogP contribution in [0.4, 0.5) is 5.69 Å². The minimum atomic E-state index is -0.0587. The van der Waals surface area contributed by atoms with E-state index in [1.807, 2.05) is 49.4 Å². The topological polar surface area (TPSA) is 51.4 Å². The van der Waals surface area contributed by atoms with Crippen LogP contribution in [0.2, 0.25) is 0 Å². The van der Waals surface area contributed by atoms with E-state index in [0.717, 1.165) is 59.5 Å². The SMILES string of the molecule is CCN(CC)CCN(Cc1cc2c(C)ccc(C)c2[nH]c1=O)C(=S)Nc1ccccc1. The van der Waals surface area contributed by atoms with Gasteiger partial charge in [-0.2, -0.15) is 0 Å². The van der Waals surface area contributed by atoms with Crippen molar-refractivity contribution in [1.29, 1.82) is 0 Å². The Morgan fingerprint density at radius 1 is 1.00 bits per heavy atom. The molecule has 5 nitrogen and oxygen atoms in total. The average Bonchev–Trinajstić information content (AvgIpc) is 2.77. The Kier molecular flexibility index (Phi) is 7.82. The predicted octanol–water partition coefficient (Wildman–Crippen LogP) is 4.69. The highest BCUT2D eigenvalue weighted by Gasteiger charge is 2.15. The van der Waals surface area contributed by atoms with Crippen LogP contribution >= 0.6 is 12.2 Å². The number of likely N-dealkylation sites (N-methyl/N-ethyl adjacent to an activating group) is 1. The maximum absolute atomic E-state index is 12.9. The van der Waals surface area contributed by atoms with Crippen molar-refractivity contribution in [2.45, 2.75) is 34.2 Å². The second-order valence-electron chi connectivity index (χ2n) is 7.86. The molecule has 0 spiro atoms. The summed E-state index contributed by atoms with van der Waals surface area (Å²) in [7, 11) is 0. The van der Waals surface area contributed by atoms with Crippen molar-refractivity contribution >= 4 is 33.9 Å². The summed E-state index contributed by atoms with van der Waals surface area (Å²) in [5.74, 6) is 0. The Labute approximate surface area is 190 Å². The van der Waals surface area contributed by atoms with Gasteiger partial charge in [0.2, 0.25) is 0 Å². The van der Waals surface area contributed by atoms with Crippen molar-refractivity contribution < 1.29 is 0 Å². The molecule has 0 amide bonds. The van der Waals surface area contributed by atoms with Gasteiger partial charge in [-0.25, -0.2) is 0 Å². The summed E-state index contributed by atoms with van der Waals surface area (Å²) in [6, 6.07) is 16.1. The van der Waals surface area contributed by atoms with Crippen LogP contribution < -0.4 is 10.9 Å². The summed E-state index contributed by atoms with van der Waals surface area (Å²) in [6.07, 6.45) is 0. The first kappa shape index (κ1) is 23.0. The van der Waals surface area contributed by atoms with Gasteiger partial charge in [0.05, 0.1) is 12.1 Å². The molecule has 6 heteroatoms. The van der Waals surface area contributed by atoms with Crippen molar-refractivity contribution in [3.05, 3.63) is 75.6 Å². The third kappa shape index (κ3) is 5.71. The van der Waals surface area contributed by atoms with Crippen molar-refractivity contribution in [1.82, 2.24) is 14.8 Å². The number of H-pyrrole nitrogens is 1. The van der Waals surface area contributed by atoms with Gasteiger partial charge >= 0.3 is 0 Å². The first-order chi connectivity index (χ1) is 14.9. The molecule has 3 rings (SSSR count). The smallest absolute Gasteiger partial charge is 0.253 e. The third-order valence-electron chi connectivity index (χ3n) is 5.77. The highest BCUT2D eigenvalue weighted by Crippen LogP contribution is 2.20. The summed E-state index contributed by atoms with van der Waals surface area (Å²) in [5, 5.41) is 5.03. The molecular formula is C25H32N4OS. The molecule has 2 aromatic carbocycles. The van der Waals surface area contributed by atoms with Crippen molar-refractivity contribution in [3.8, 4) is 0 Å². The van der Waals surface area contributed by atoms with Crippen LogP contribution in [0.15, 0.2) is 53.3 Å². The van der Waals surface area contributed by atoms with E-state index in [0.29, 0.717) is 11.7 Å². The molecule has 0 unspecified atom stereocenters. The standard InChI is InChI=1S/C25H32N4OS/c1-5-28(6-2)14-15-29(25(31)26-21-10-8-7-9-11-21)17-20-16-22-18(3)12-13-19(4)23(22)27-24(20)30/h7-13,16H,5-6,14-15,17H2,1-4H3,(H,26,31)(H,27,30). The van der Waals surface area contributed by atoms with E-state index in [1.54, 1.807) is 0 Å². The lowest BCUT2D eigenvalue weighted by atomic mass is 10.0. The van der Waals surface area contributed by atoms with Crippen molar-refractivity contribution in [2.24, 2.45) is 0 Å². The van der Waals surface area contributed by atoms with Gasteiger partial charge in [0.25, 0.3) is 5.56 Å². The van der Waals surface area contributed by atoms with Gasteiger partial charge in [-0.3, -0.25) is 4.79 Å². The first-order valence-electron chi connectivity index (χ1n) is 10.9. The van der Waals surface area contributed by atoms with E-state index in [4.69, 9.17) is 12.2 Å². The highest BCUT2D eigenvalue weighted by molar-refractivity contribution is 7.80. The number of rotatable bonds is 8. The summed E-state index contributed by atoms with van der Waals surface area (Å²) in [4.78, 5) is 20.4. The first-order valence-corrected chi connectivity index (χ1v) is 11.3. The zero-order chi connectivity index (χ0) is 22.4. The van der Waals surface area contributed by atoms with Crippen LogP contribution in [0, 0.1) is 13.8 Å². The fourth-order valence-electron chi connectivity index (χ4n) is 3.72. The molecule has 0 aliphatic carbocycles. The van der Waals surface area contributed by atoms with Gasteiger partial charge in [0, 0.05) is 29.7 Å². The van der Waals surface area contributed by atoms with Gasteiger partial charge in [-0.05, 0) is 68.5 Å². The molecule has 0 aliphatic rings. The fourth-order valence-corrected chi connectivity index (χ4v) is 3.99. The lowest BCUT2D eigenvalue weighted by molar-refractivity contribution is 0.266. The molecule has 31 heavy (non-hydrogen) atoms. The van der Waals surface area contributed by atoms with E-state index in [1.165, 1.54) is 0 Å². The molecule has 2 N–H and O–H groups in total. The van der Waals surface area contributed by atoms with Gasteiger partial charge in [0.1, 0.15) is 0 Å². The number of nitrogens with zero attached hydrogens (tertiary/aromatic N) is 2. The van der Waals surface area contributed by atoms with Crippen LogP contribution in [-0.4, -0.2) is 46.1 Å². The number of benzene rings is 2. The number of para-hydroxylation sites is 1. The molecular weight excluding hydrogens is 404 g/mol. The number of pyridine rings is 1. The summed E-state index contributed by atoms with van der Waals surface area (Å²) in [5.41, 5.74) is 4.74. The second-order valence-corrected chi connectivity index (χ2v) is 8.24. The number of aromatic nitrogens is 1. The molecule has 3 aromatic rings. The van der Waals surface area contributed by atoms with E-state index in [9.17, 15) is 4.79 Å². The fraction of sp³-hybridized carbons (Fsp3) is 0.360. The number of fused-ring (bicyclic) bond motifs is 1. The number of hydrogen-bond acceptors (Lipinski definition) is 3. The van der Waals surface area contributed by atoms with Gasteiger partial charge in [0.15, 0.2) is 5.11 Å². The number of nitrogens with one attached hydrogen (secondary N) is 2. The van der Waals surface area contributed by atoms with E-state index in [2.05, 4.69) is 46.9 Å². The van der Waals surface area contributed by atoms with E-state index < -0.39 is 0 Å². The molecule has 0 fully saturated rings. The van der Waals surface area contributed by atoms with Gasteiger partial charge in [-0.15, -0.1) is 0 Å². The molecule has 164 valence electrons. The molecule has 0 radical (unpaired) electrons. The monoisotopic (exact) mass is 436 g/mol. The average molecular weight is 437 g/mol. The molecule has 1 aromatic heterocycles. The minimum Gasteiger partial charge on any atom is -0.343 e. The number of aromatic amines is 1. The van der Waals surface area contributed by atoms with Crippen LogP contribution in [0.3, 0.4) is 0 Å². The maximum Gasteiger partial charge on any atom is 0.253 e. The molecule has 1 heterocycles. The minimum absolute atomic E-state index is 0.0587. The highest BCUT2D eigenvalue weighted by atomic mass is 32.1. The summed E-state index contributed by atoms with van der Waals surface area (Å²) < 4.78 is 0. The number of thiocarbonyl (C=S) groups is 1. The van der Waals surface area contributed by atoms with Gasteiger partial charge < -0.3 is 20.1 Å². The Hall–Kier alpha value is -2.70. The lowest BCUT2D eigenvalue weighted by Gasteiger charge is -2.29. The number of aryl methyl sites for hydroxylation is 2. The van der Waals surface area contributed by atoms with Gasteiger partial charge in [-0.1, -0.05) is 44.2 Å². The number of hydrogen-bond donors (Lipinski definition) is 2. The van der Waals surface area contributed by atoms with Crippen LogP contribution in [0.25, 0.3) is 10.9 Å². The molecule has 0 aliphatic heterocycles. The number of anilines is 1. The second kappa shape index (κ2) is 10.6. The molecule has 0 atom stereocenters. The zero-order valence-electron chi connectivity index (χ0n) is 18.9. The van der Waals surface area contributed by atoms with Crippen LogP contribution in [0.5, 0.6) is 0 Å². The molecule has 0 saturated carbocycles. The third-order valence-corrected chi connectivity index (χ3v) is 6.13. The lowest BCUT2D eigenvalue weighted by Crippen LogP contribution is -2.41. The van der Waals surface area contributed by atoms with Crippen molar-refractivity contribution in [2.75, 3.05) is 31.5 Å². The van der Waals surface area contributed by atoms with Crippen molar-refractivity contribution in [3.63, 3.8) is 0 Å². The quantitative estimate of drug-likeness (QED) is 0.502. The van der Waals surface area contributed by atoms with E-state index in [-0.39, 0.29) is 5.56 Å². The summed E-state index contributed by atoms with van der Waals surface area (Å²) >= 11 is 5.75. The Bertz CT molecular complexity index is 1090. The van der Waals surface area contributed by atoms with E-state index >= 15 is 0 Å². The summed E-state index contributed by atoms with van der Waals surface area (Å²) in [6.45, 7) is 12.5. The van der Waals surface area contributed by atoms with Crippen LogP contribution in [-0.2, 0) is 6.54 Å². The Morgan fingerprint density at radius 2 is 1.68 bits per heavy atom. The largest absolute Gasteiger partial charge is 0.343 e. The zero-order valence-corrected chi connectivity index (χ0v) is 19.7. The normalized spacial score (nSPS) is 11.1. The van der Waals surface area contributed by atoms with Crippen LogP contribution in [0.1, 0.15) is 30.5 Å². The predicted molar refractivity (Wildman–Crippen MR) is 135 cm³/mol. The Balaban J connectivity index is 1.89. The molecule has 0 saturated heterocycles. The maximum atomic E-state index is 12.9. The Morgan fingerprint density at radius 3 is 2.35 bits per heavy atom. The molecule has 0 bridgehead atoms.